The largest absolute Gasteiger partial charge is 0.465 e. The monoisotopic (exact) mass is 365 g/mol. The molecule has 0 saturated carbocycles. The molecule has 0 spiro atoms. The zero-order valence-corrected chi connectivity index (χ0v) is 13.8. The predicted molar refractivity (Wildman–Crippen MR) is 77.9 cm³/mol. The Bertz CT molecular complexity index is 653. The summed E-state index contributed by atoms with van der Waals surface area (Å²) in [6.07, 6.45) is -6.46. The van der Waals surface area contributed by atoms with Crippen LogP contribution in [-0.2, 0) is 15.7 Å². The van der Waals surface area contributed by atoms with Crippen molar-refractivity contribution < 1.29 is 37.1 Å². The van der Waals surface area contributed by atoms with E-state index in [1.165, 1.54) is 0 Å². The Morgan fingerprint density at radius 2 is 2.04 bits per heavy atom. The highest BCUT2D eigenvalue weighted by atomic mass is 19.4. The van der Waals surface area contributed by atoms with Crippen molar-refractivity contribution >= 4 is 17.9 Å². The third-order valence-electron chi connectivity index (χ3n) is 3.38. The molecule has 1 aliphatic rings. The molecule has 0 aliphatic carbocycles. The number of halogens is 3. The number of ether oxygens (including phenoxy) is 1. The van der Waals surface area contributed by atoms with Gasteiger partial charge in [-0.1, -0.05) is 5.16 Å². The standard InChI is InChI=1S/C14H18F3N3O5/c1-13(2,3)24-7-4-8(20(6-7)12(22)23)11(21)18-10-5-9(19-25-10)14(15,16)17/h5,7-8H,4,6H2,1-3H3,(H,18,21)(H,22,23)/t7-,8+/m1/s1. The van der Waals surface area contributed by atoms with Crippen LogP contribution in [0.25, 0.3) is 0 Å². The van der Waals surface area contributed by atoms with Crippen LogP contribution >= 0.6 is 0 Å². The Hall–Kier alpha value is -2.30. The van der Waals surface area contributed by atoms with Gasteiger partial charge in [-0.2, -0.15) is 13.2 Å². The fourth-order valence-electron chi connectivity index (χ4n) is 2.52. The van der Waals surface area contributed by atoms with Crippen molar-refractivity contribution in [1.29, 1.82) is 0 Å². The summed E-state index contributed by atoms with van der Waals surface area (Å²) in [6.45, 7) is 5.35. The number of nitrogens with zero attached hydrogens (tertiary/aromatic N) is 2. The molecule has 2 heterocycles. The quantitative estimate of drug-likeness (QED) is 0.853. The normalized spacial score (nSPS) is 21.4. The molecule has 1 aliphatic heterocycles. The number of alkyl halides is 3. The van der Waals surface area contributed by atoms with Gasteiger partial charge in [-0.15, -0.1) is 0 Å². The minimum Gasteiger partial charge on any atom is -0.465 e. The van der Waals surface area contributed by atoms with Crippen LogP contribution in [0.1, 0.15) is 32.9 Å². The fraction of sp³-hybridized carbons (Fsp3) is 0.643. The van der Waals surface area contributed by atoms with E-state index in [0.29, 0.717) is 6.07 Å². The molecule has 0 unspecified atom stereocenters. The van der Waals surface area contributed by atoms with Crippen LogP contribution < -0.4 is 5.32 Å². The van der Waals surface area contributed by atoms with E-state index >= 15 is 0 Å². The second kappa shape index (κ2) is 6.54. The van der Waals surface area contributed by atoms with Crippen molar-refractivity contribution in [2.24, 2.45) is 0 Å². The highest BCUT2D eigenvalue weighted by Gasteiger charge is 2.42. The Morgan fingerprint density at radius 1 is 1.40 bits per heavy atom. The van der Waals surface area contributed by atoms with Gasteiger partial charge in [0.2, 0.25) is 11.8 Å². The molecule has 0 bridgehead atoms. The van der Waals surface area contributed by atoms with Crippen LogP contribution in [0.5, 0.6) is 0 Å². The molecular weight excluding hydrogens is 347 g/mol. The molecule has 25 heavy (non-hydrogen) atoms. The van der Waals surface area contributed by atoms with E-state index < -0.39 is 47.5 Å². The van der Waals surface area contributed by atoms with Crippen molar-refractivity contribution in [1.82, 2.24) is 10.1 Å². The van der Waals surface area contributed by atoms with Crippen LogP contribution in [0, 0.1) is 0 Å². The molecule has 8 nitrogen and oxygen atoms in total. The third kappa shape index (κ3) is 4.84. The summed E-state index contributed by atoms with van der Waals surface area (Å²) in [6, 6.07) is -0.578. The van der Waals surface area contributed by atoms with Crippen molar-refractivity contribution in [2.75, 3.05) is 11.9 Å². The Labute approximate surface area is 140 Å². The van der Waals surface area contributed by atoms with Gasteiger partial charge in [-0.3, -0.25) is 15.0 Å². The Morgan fingerprint density at radius 3 is 2.52 bits per heavy atom. The number of carboxylic acid groups (broad SMARTS) is 1. The van der Waals surface area contributed by atoms with Gasteiger partial charge in [0.05, 0.1) is 18.2 Å². The molecule has 1 aromatic rings. The molecule has 2 rings (SSSR count). The van der Waals surface area contributed by atoms with Gasteiger partial charge in [0.15, 0.2) is 5.69 Å². The highest BCUT2D eigenvalue weighted by Crippen LogP contribution is 2.30. The summed E-state index contributed by atoms with van der Waals surface area (Å²) >= 11 is 0. The van der Waals surface area contributed by atoms with Gasteiger partial charge < -0.3 is 14.4 Å². The van der Waals surface area contributed by atoms with Crippen LogP contribution in [0.3, 0.4) is 0 Å². The molecule has 11 heteroatoms. The molecular formula is C14H18F3N3O5. The van der Waals surface area contributed by atoms with E-state index in [-0.39, 0.29) is 13.0 Å². The molecule has 0 aromatic carbocycles. The van der Waals surface area contributed by atoms with Gasteiger partial charge >= 0.3 is 12.3 Å². The molecule has 2 N–H and O–H groups in total. The van der Waals surface area contributed by atoms with E-state index in [2.05, 4.69) is 15.0 Å². The van der Waals surface area contributed by atoms with Gasteiger partial charge in [0.1, 0.15) is 6.04 Å². The van der Waals surface area contributed by atoms with E-state index in [1.54, 1.807) is 20.8 Å². The summed E-state index contributed by atoms with van der Waals surface area (Å²) < 4.78 is 47.5. The van der Waals surface area contributed by atoms with Gasteiger partial charge in [0, 0.05) is 12.5 Å². The van der Waals surface area contributed by atoms with Gasteiger partial charge in [0.25, 0.3) is 0 Å². The number of amides is 2. The molecule has 1 aromatic heterocycles. The lowest BCUT2D eigenvalue weighted by Crippen LogP contribution is -2.42. The first kappa shape index (κ1) is 19.0. The predicted octanol–water partition coefficient (Wildman–Crippen LogP) is 2.57. The summed E-state index contributed by atoms with van der Waals surface area (Å²) in [5, 5.41) is 14.2. The number of hydrogen-bond donors (Lipinski definition) is 2. The van der Waals surface area contributed by atoms with Crippen LogP contribution in [0.15, 0.2) is 10.6 Å². The van der Waals surface area contributed by atoms with E-state index in [1.807, 2.05) is 0 Å². The number of likely N-dealkylation sites (tertiary alicyclic amines) is 1. The zero-order valence-electron chi connectivity index (χ0n) is 13.8. The van der Waals surface area contributed by atoms with Crippen molar-refractivity contribution in [3.05, 3.63) is 11.8 Å². The number of rotatable bonds is 3. The number of anilines is 1. The molecule has 140 valence electrons. The average molecular weight is 365 g/mol. The molecule has 2 atom stereocenters. The average Bonchev–Trinajstić information content (AvgIpc) is 3.02. The van der Waals surface area contributed by atoms with Gasteiger partial charge in [-0.25, -0.2) is 4.79 Å². The van der Waals surface area contributed by atoms with Crippen molar-refractivity contribution in [3.8, 4) is 0 Å². The van der Waals surface area contributed by atoms with Crippen LogP contribution in [0.2, 0.25) is 0 Å². The molecule has 2 amide bonds. The first-order valence-electron chi connectivity index (χ1n) is 7.39. The van der Waals surface area contributed by atoms with E-state index in [0.717, 1.165) is 4.90 Å². The summed E-state index contributed by atoms with van der Waals surface area (Å²) in [4.78, 5) is 24.5. The topological polar surface area (TPSA) is 105 Å². The number of nitrogens with one attached hydrogen (secondary N) is 1. The maximum absolute atomic E-state index is 12.5. The van der Waals surface area contributed by atoms with E-state index in [4.69, 9.17) is 4.74 Å². The van der Waals surface area contributed by atoms with Crippen molar-refractivity contribution in [2.45, 2.75) is 51.1 Å². The van der Waals surface area contributed by atoms with Gasteiger partial charge in [-0.05, 0) is 20.8 Å². The minimum atomic E-state index is -4.71. The third-order valence-corrected chi connectivity index (χ3v) is 3.38. The molecule has 0 radical (unpaired) electrons. The number of carbonyl (C=O) groups excluding carboxylic acids is 1. The maximum atomic E-state index is 12.5. The lowest BCUT2D eigenvalue weighted by atomic mass is 10.1. The fourth-order valence-corrected chi connectivity index (χ4v) is 2.52. The van der Waals surface area contributed by atoms with Crippen LogP contribution in [0.4, 0.5) is 23.8 Å². The summed E-state index contributed by atoms with van der Waals surface area (Å²) in [5.74, 6) is -1.32. The second-order valence-electron chi connectivity index (χ2n) is 6.60. The van der Waals surface area contributed by atoms with E-state index in [9.17, 15) is 27.9 Å². The Kier molecular flexibility index (Phi) is 4.98. The second-order valence-corrected chi connectivity index (χ2v) is 6.60. The zero-order chi connectivity index (χ0) is 19.0. The maximum Gasteiger partial charge on any atom is 0.436 e. The Balaban J connectivity index is 2.08. The van der Waals surface area contributed by atoms with Crippen LogP contribution in [-0.4, -0.2) is 51.5 Å². The number of aromatic nitrogens is 1. The number of hydrogen-bond acceptors (Lipinski definition) is 5. The first-order valence-corrected chi connectivity index (χ1v) is 7.39. The smallest absolute Gasteiger partial charge is 0.436 e. The summed E-state index contributed by atoms with van der Waals surface area (Å²) in [5.41, 5.74) is -1.83. The summed E-state index contributed by atoms with van der Waals surface area (Å²) in [7, 11) is 0. The lowest BCUT2D eigenvalue weighted by Gasteiger charge is -2.24. The molecule has 1 fully saturated rings. The highest BCUT2D eigenvalue weighted by molar-refractivity contribution is 5.95. The lowest BCUT2D eigenvalue weighted by molar-refractivity contribution is -0.142. The minimum absolute atomic E-state index is 0.0190. The SMILES string of the molecule is CC(C)(C)O[C@@H]1C[C@@H](C(=O)Nc2cc(C(F)(F)F)no2)N(C(=O)O)C1. The number of carbonyl (C=O) groups is 2. The molecule has 1 saturated heterocycles. The first-order chi connectivity index (χ1) is 11.4. The van der Waals surface area contributed by atoms with Crippen molar-refractivity contribution in [3.63, 3.8) is 0 Å².